The molecule has 0 unspecified atom stereocenters. The zero-order valence-electron chi connectivity index (χ0n) is 18.1. The van der Waals surface area contributed by atoms with Crippen molar-refractivity contribution in [1.29, 1.82) is 0 Å². The van der Waals surface area contributed by atoms with Gasteiger partial charge in [0.1, 0.15) is 0 Å². The molecular weight excluding hydrogens is 382 g/mol. The lowest BCUT2D eigenvalue weighted by Crippen LogP contribution is -2.49. The Kier molecular flexibility index (Phi) is 5.56. The average Bonchev–Trinajstić information content (AvgIpc) is 3.31. The summed E-state index contributed by atoms with van der Waals surface area (Å²) in [4.78, 5) is 29.7. The molecule has 0 saturated carbocycles. The van der Waals surface area contributed by atoms with Crippen molar-refractivity contribution in [1.82, 2.24) is 14.4 Å². The van der Waals surface area contributed by atoms with E-state index in [0.717, 1.165) is 17.0 Å². The summed E-state index contributed by atoms with van der Waals surface area (Å²) in [6.07, 6.45) is 0. The van der Waals surface area contributed by atoms with Crippen LogP contribution in [0.3, 0.4) is 0 Å². The highest BCUT2D eigenvalue weighted by molar-refractivity contribution is 5.99. The molecular formula is C23H29N3O4. The summed E-state index contributed by atoms with van der Waals surface area (Å²) in [5.74, 6) is 1.42. The molecule has 30 heavy (non-hydrogen) atoms. The molecule has 2 aromatic rings. The van der Waals surface area contributed by atoms with Crippen LogP contribution in [0.15, 0.2) is 24.3 Å². The molecule has 3 heterocycles. The van der Waals surface area contributed by atoms with Crippen LogP contribution in [0, 0.1) is 13.8 Å². The Morgan fingerprint density at radius 3 is 2.37 bits per heavy atom. The highest BCUT2D eigenvalue weighted by Gasteiger charge is 2.26. The number of benzene rings is 1. The van der Waals surface area contributed by atoms with Gasteiger partial charge in [-0.1, -0.05) is 0 Å². The maximum absolute atomic E-state index is 12.9. The normalized spacial score (nSPS) is 16.4. The third kappa shape index (κ3) is 3.81. The molecule has 0 spiro atoms. The van der Waals surface area contributed by atoms with Crippen molar-refractivity contribution in [2.45, 2.75) is 33.7 Å². The van der Waals surface area contributed by atoms with Crippen LogP contribution < -0.4 is 9.47 Å². The van der Waals surface area contributed by atoms with Gasteiger partial charge in [-0.2, -0.15) is 0 Å². The van der Waals surface area contributed by atoms with E-state index in [1.165, 1.54) is 0 Å². The standard InChI is InChI=1S/C23H29N3O4/c1-15(2)26-16(3)11-19(17(26)4)20(27)13-24-7-9-25(10-8-24)23(28)18-5-6-21-22(12-18)30-14-29-21/h5-6,11-12,15H,7-10,13-14H2,1-4H3. The number of hydrogen-bond acceptors (Lipinski definition) is 5. The third-order valence-electron chi connectivity index (χ3n) is 5.95. The molecule has 0 bridgehead atoms. The maximum Gasteiger partial charge on any atom is 0.254 e. The van der Waals surface area contributed by atoms with Crippen molar-refractivity contribution >= 4 is 11.7 Å². The molecule has 1 aromatic heterocycles. The molecule has 2 aliphatic heterocycles. The number of fused-ring (bicyclic) bond motifs is 1. The van der Waals surface area contributed by atoms with Gasteiger partial charge in [0.15, 0.2) is 17.3 Å². The molecule has 0 radical (unpaired) electrons. The fourth-order valence-corrected chi connectivity index (χ4v) is 4.46. The van der Waals surface area contributed by atoms with Crippen LogP contribution in [0.1, 0.15) is 52.0 Å². The first-order valence-electron chi connectivity index (χ1n) is 10.5. The molecule has 0 N–H and O–H groups in total. The zero-order chi connectivity index (χ0) is 21.4. The first kappa shape index (κ1) is 20.5. The van der Waals surface area contributed by atoms with Gasteiger partial charge in [0.05, 0.1) is 6.54 Å². The summed E-state index contributed by atoms with van der Waals surface area (Å²) >= 11 is 0. The summed E-state index contributed by atoms with van der Waals surface area (Å²) < 4.78 is 12.9. The van der Waals surface area contributed by atoms with Gasteiger partial charge in [0.25, 0.3) is 5.91 Å². The van der Waals surface area contributed by atoms with Gasteiger partial charge in [-0.05, 0) is 52.0 Å². The third-order valence-corrected chi connectivity index (χ3v) is 5.95. The van der Waals surface area contributed by atoms with Gasteiger partial charge < -0.3 is 18.9 Å². The summed E-state index contributed by atoms with van der Waals surface area (Å²) in [6.45, 7) is 11.5. The SMILES string of the molecule is Cc1cc(C(=O)CN2CCN(C(=O)c3ccc4c(c3)OCO4)CC2)c(C)n1C(C)C. The van der Waals surface area contributed by atoms with Crippen molar-refractivity contribution in [3.63, 3.8) is 0 Å². The van der Waals surface area contributed by atoms with Crippen molar-refractivity contribution < 1.29 is 19.1 Å². The lowest BCUT2D eigenvalue weighted by atomic mass is 10.1. The van der Waals surface area contributed by atoms with Crippen LogP contribution in [0.4, 0.5) is 0 Å². The van der Waals surface area contributed by atoms with Gasteiger partial charge in [0.2, 0.25) is 6.79 Å². The van der Waals surface area contributed by atoms with Crippen LogP contribution >= 0.6 is 0 Å². The molecule has 0 atom stereocenters. The highest BCUT2D eigenvalue weighted by atomic mass is 16.7. The van der Waals surface area contributed by atoms with E-state index in [-0.39, 0.29) is 18.5 Å². The fraction of sp³-hybridized carbons (Fsp3) is 0.478. The van der Waals surface area contributed by atoms with Crippen molar-refractivity contribution in [2.75, 3.05) is 39.5 Å². The predicted molar refractivity (Wildman–Crippen MR) is 114 cm³/mol. The van der Waals surface area contributed by atoms with E-state index in [9.17, 15) is 9.59 Å². The number of rotatable bonds is 5. The smallest absolute Gasteiger partial charge is 0.254 e. The van der Waals surface area contributed by atoms with E-state index < -0.39 is 0 Å². The van der Waals surface area contributed by atoms with Gasteiger partial charge in [0, 0.05) is 54.7 Å². The second-order valence-electron chi connectivity index (χ2n) is 8.31. The molecule has 1 amide bonds. The minimum Gasteiger partial charge on any atom is -0.454 e. The number of Topliss-reactive ketones (excluding diaryl/α,β-unsaturated/α-hetero) is 1. The number of amides is 1. The molecule has 160 valence electrons. The van der Waals surface area contributed by atoms with Gasteiger partial charge in [-0.15, -0.1) is 0 Å². The second-order valence-corrected chi connectivity index (χ2v) is 8.31. The fourth-order valence-electron chi connectivity index (χ4n) is 4.46. The molecule has 2 aliphatic rings. The Balaban J connectivity index is 1.35. The van der Waals surface area contributed by atoms with E-state index in [4.69, 9.17) is 9.47 Å². The number of ether oxygens (including phenoxy) is 2. The highest BCUT2D eigenvalue weighted by Crippen LogP contribution is 2.33. The van der Waals surface area contributed by atoms with E-state index in [1.54, 1.807) is 18.2 Å². The molecule has 4 rings (SSSR count). The van der Waals surface area contributed by atoms with Gasteiger partial charge in [-0.25, -0.2) is 0 Å². The van der Waals surface area contributed by atoms with E-state index in [0.29, 0.717) is 55.8 Å². The average molecular weight is 412 g/mol. The monoisotopic (exact) mass is 411 g/mol. The maximum atomic E-state index is 12.9. The Hall–Kier alpha value is -2.80. The molecule has 7 heteroatoms. The summed E-state index contributed by atoms with van der Waals surface area (Å²) in [6, 6.07) is 7.62. The molecule has 1 fully saturated rings. The van der Waals surface area contributed by atoms with Crippen molar-refractivity contribution in [3.05, 3.63) is 46.8 Å². The number of nitrogens with zero attached hydrogens (tertiary/aromatic N) is 3. The first-order valence-corrected chi connectivity index (χ1v) is 10.5. The number of ketones is 1. The van der Waals surface area contributed by atoms with Gasteiger partial charge in [-0.3, -0.25) is 14.5 Å². The molecule has 1 saturated heterocycles. The Morgan fingerprint density at radius 1 is 1.00 bits per heavy atom. The number of piperazine rings is 1. The predicted octanol–water partition coefficient (Wildman–Crippen LogP) is 3.06. The van der Waals surface area contributed by atoms with Crippen LogP contribution in [0.25, 0.3) is 0 Å². The minimum atomic E-state index is -0.0141. The minimum absolute atomic E-state index is 0.0141. The number of aromatic nitrogens is 1. The van der Waals surface area contributed by atoms with Crippen LogP contribution in [-0.2, 0) is 0 Å². The van der Waals surface area contributed by atoms with E-state index in [2.05, 4.69) is 23.3 Å². The Morgan fingerprint density at radius 2 is 1.70 bits per heavy atom. The Labute approximate surface area is 177 Å². The second kappa shape index (κ2) is 8.14. The number of hydrogen-bond donors (Lipinski definition) is 0. The number of aryl methyl sites for hydroxylation is 1. The Bertz CT molecular complexity index is 971. The summed E-state index contributed by atoms with van der Waals surface area (Å²) in [5, 5.41) is 0. The van der Waals surface area contributed by atoms with E-state index >= 15 is 0 Å². The van der Waals surface area contributed by atoms with Crippen molar-refractivity contribution in [2.24, 2.45) is 0 Å². The lowest BCUT2D eigenvalue weighted by molar-refractivity contribution is 0.0624. The van der Waals surface area contributed by atoms with Crippen LogP contribution in [0.5, 0.6) is 11.5 Å². The molecule has 1 aromatic carbocycles. The van der Waals surface area contributed by atoms with Crippen LogP contribution in [-0.4, -0.2) is 65.6 Å². The zero-order valence-corrected chi connectivity index (χ0v) is 18.1. The van der Waals surface area contributed by atoms with Crippen LogP contribution in [0.2, 0.25) is 0 Å². The van der Waals surface area contributed by atoms with Crippen molar-refractivity contribution in [3.8, 4) is 11.5 Å². The van der Waals surface area contributed by atoms with E-state index in [1.807, 2.05) is 24.8 Å². The lowest BCUT2D eigenvalue weighted by Gasteiger charge is -2.34. The largest absolute Gasteiger partial charge is 0.454 e. The quantitative estimate of drug-likeness (QED) is 0.708. The van der Waals surface area contributed by atoms with Gasteiger partial charge >= 0.3 is 0 Å². The first-order chi connectivity index (χ1) is 14.3. The topological polar surface area (TPSA) is 64.0 Å². The molecule has 7 nitrogen and oxygen atoms in total. The summed E-state index contributed by atoms with van der Waals surface area (Å²) in [5.41, 5.74) is 3.55. The molecule has 0 aliphatic carbocycles. The summed E-state index contributed by atoms with van der Waals surface area (Å²) in [7, 11) is 0. The number of carbonyl (C=O) groups is 2. The number of carbonyl (C=O) groups excluding carboxylic acids is 2.